The van der Waals surface area contributed by atoms with Crippen LogP contribution in [0.4, 0.5) is 5.69 Å². The number of furan rings is 1. The summed E-state index contributed by atoms with van der Waals surface area (Å²) in [6, 6.07) is 9.65. The monoisotopic (exact) mass is 274 g/mol. The van der Waals surface area contributed by atoms with E-state index in [1.54, 1.807) is 0 Å². The molecule has 0 aliphatic heterocycles. The first-order chi connectivity index (χ1) is 9.54. The van der Waals surface area contributed by atoms with E-state index >= 15 is 0 Å². The number of rotatable bonds is 6. The standard InChI is InChI=1S/C15H18N2O3/c1-17(2)9-11-3-5-13(6-4-11)16-8-14-7-12(10-20-14)15(18)19/h3-7,10,16H,8-9H2,1-2H3,(H,18,19). The van der Waals surface area contributed by atoms with Gasteiger partial charge in [-0.25, -0.2) is 4.79 Å². The molecule has 5 nitrogen and oxygen atoms in total. The Morgan fingerprint density at radius 3 is 2.55 bits per heavy atom. The summed E-state index contributed by atoms with van der Waals surface area (Å²) in [7, 11) is 4.06. The molecule has 0 saturated heterocycles. The van der Waals surface area contributed by atoms with Crippen molar-refractivity contribution in [3.8, 4) is 0 Å². The van der Waals surface area contributed by atoms with Crippen molar-refractivity contribution in [2.45, 2.75) is 13.1 Å². The van der Waals surface area contributed by atoms with E-state index in [-0.39, 0.29) is 5.56 Å². The predicted octanol–water partition coefficient (Wildman–Crippen LogP) is 2.65. The predicted molar refractivity (Wildman–Crippen MR) is 76.8 cm³/mol. The van der Waals surface area contributed by atoms with E-state index in [1.165, 1.54) is 17.9 Å². The van der Waals surface area contributed by atoms with Crippen molar-refractivity contribution < 1.29 is 14.3 Å². The molecular weight excluding hydrogens is 256 g/mol. The number of benzene rings is 1. The zero-order chi connectivity index (χ0) is 14.5. The van der Waals surface area contributed by atoms with Gasteiger partial charge in [-0.3, -0.25) is 0 Å². The first kappa shape index (κ1) is 14.1. The van der Waals surface area contributed by atoms with Crippen LogP contribution in [0.15, 0.2) is 41.0 Å². The van der Waals surface area contributed by atoms with Gasteiger partial charge in [-0.2, -0.15) is 0 Å². The quantitative estimate of drug-likeness (QED) is 0.847. The Hall–Kier alpha value is -2.27. The zero-order valence-corrected chi connectivity index (χ0v) is 11.6. The van der Waals surface area contributed by atoms with Crippen LogP contribution in [0, 0.1) is 0 Å². The number of hydrogen-bond donors (Lipinski definition) is 2. The third-order valence-electron chi connectivity index (χ3n) is 2.82. The third-order valence-corrected chi connectivity index (χ3v) is 2.82. The molecule has 5 heteroatoms. The first-order valence-electron chi connectivity index (χ1n) is 6.33. The van der Waals surface area contributed by atoms with Gasteiger partial charge in [0.1, 0.15) is 12.0 Å². The highest BCUT2D eigenvalue weighted by molar-refractivity contribution is 5.87. The van der Waals surface area contributed by atoms with Crippen LogP contribution in [0.25, 0.3) is 0 Å². The van der Waals surface area contributed by atoms with Crippen molar-refractivity contribution in [1.29, 1.82) is 0 Å². The molecule has 2 rings (SSSR count). The van der Waals surface area contributed by atoms with Crippen LogP contribution in [0.2, 0.25) is 0 Å². The van der Waals surface area contributed by atoms with Crippen LogP contribution >= 0.6 is 0 Å². The summed E-state index contributed by atoms with van der Waals surface area (Å²) in [6.45, 7) is 1.36. The molecule has 0 saturated carbocycles. The van der Waals surface area contributed by atoms with Crippen molar-refractivity contribution in [1.82, 2.24) is 4.90 Å². The molecule has 20 heavy (non-hydrogen) atoms. The lowest BCUT2D eigenvalue weighted by Crippen LogP contribution is -2.10. The molecule has 0 aliphatic rings. The van der Waals surface area contributed by atoms with Crippen LogP contribution < -0.4 is 5.32 Å². The Labute approximate surface area is 117 Å². The second-order valence-electron chi connectivity index (χ2n) is 4.90. The Bertz CT molecular complexity index is 573. The van der Waals surface area contributed by atoms with Crippen molar-refractivity contribution >= 4 is 11.7 Å². The number of carboxylic acid groups (broad SMARTS) is 1. The number of nitrogens with one attached hydrogen (secondary N) is 1. The highest BCUT2D eigenvalue weighted by atomic mass is 16.4. The second kappa shape index (κ2) is 6.25. The van der Waals surface area contributed by atoms with Gasteiger partial charge in [-0.15, -0.1) is 0 Å². The van der Waals surface area contributed by atoms with Crippen LogP contribution in [-0.4, -0.2) is 30.1 Å². The lowest BCUT2D eigenvalue weighted by Gasteiger charge is -2.10. The molecule has 0 amide bonds. The summed E-state index contributed by atoms with van der Waals surface area (Å²) in [4.78, 5) is 12.8. The van der Waals surface area contributed by atoms with E-state index < -0.39 is 5.97 Å². The molecule has 2 N–H and O–H groups in total. The van der Waals surface area contributed by atoms with Gasteiger partial charge >= 0.3 is 5.97 Å². The number of anilines is 1. The fourth-order valence-corrected chi connectivity index (χ4v) is 1.87. The summed E-state index contributed by atoms with van der Waals surface area (Å²) >= 11 is 0. The van der Waals surface area contributed by atoms with Crippen molar-refractivity contribution in [3.05, 3.63) is 53.5 Å². The summed E-state index contributed by atoms with van der Waals surface area (Å²) in [6.07, 6.45) is 1.25. The minimum absolute atomic E-state index is 0.170. The average Bonchev–Trinajstić information content (AvgIpc) is 2.86. The lowest BCUT2D eigenvalue weighted by molar-refractivity contribution is 0.0696. The molecule has 0 radical (unpaired) electrons. The number of carboxylic acids is 1. The SMILES string of the molecule is CN(C)Cc1ccc(NCc2cc(C(=O)O)co2)cc1. The molecule has 0 fully saturated rings. The van der Waals surface area contributed by atoms with Crippen LogP contribution in [0.5, 0.6) is 0 Å². The van der Waals surface area contributed by atoms with Gasteiger partial charge in [0.15, 0.2) is 0 Å². The van der Waals surface area contributed by atoms with Crippen LogP contribution in [0.3, 0.4) is 0 Å². The molecule has 0 atom stereocenters. The maximum atomic E-state index is 10.7. The summed E-state index contributed by atoms with van der Waals surface area (Å²) < 4.78 is 5.17. The molecule has 0 spiro atoms. The zero-order valence-electron chi connectivity index (χ0n) is 11.6. The molecular formula is C15H18N2O3. The van der Waals surface area contributed by atoms with Crippen molar-refractivity contribution in [2.75, 3.05) is 19.4 Å². The fourth-order valence-electron chi connectivity index (χ4n) is 1.87. The highest BCUT2D eigenvalue weighted by Gasteiger charge is 2.07. The minimum Gasteiger partial charge on any atom is -0.478 e. The topological polar surface area (TPSA) is 65.7 Å². The normalized spacial score (nSPS) is 10.8. The maximum absolute atomic E-state index is 10.7. The smallest absolute Gasteiger partial charge is 0.338 e. The molecule has 0 bridgehead atoms. The number of carbonyl (C=O) groups is 1. The Balaban J connectivity index is 1.91. The molecule has 0 unspecified atom stereocenters. The van der Waals surface area contributed by atoms with E-state index in [1.807, 2.05) is 26.2 Å². The van der Waals surface area contributed by atoms with E-state index in [4.69, 9.17) is 9.52 Å². The van der Waals surface area contributed by atoms with Gasteiger partial charge < -0.3 is 19.7 Å². The Kier molecular flexibility index (Phi) is 4.42. The van der Waals surface area contributed by atoms with Gasteiger partial charge in [-0.1, -0.05) is 12.1 Å². The molecule has 1 aromatic heterocycles. The second-order valence-corrected chi connectivity index (χ2v) is 4.90. The van der Waals surface area contributed by atoms with E-state index in [0.29, 0.717) is 12.3 Å². The average molecular weight is 274 g/mol. The first-order valence-corrected chi connectivity index (χ1v) is 6.33. The van der Waals surface area contributed by atoms with Gasteiger partial charge in [0.25, 0.3) is 0 Å². The molecule has 2 aromatic rings. The van der Waals surface area contributed by atoms with E-state index in [2.05, 4.69) is 22.3 Å². The van der Waals surface area contributed by atoms with Crippen molar-refractivity contribution in [2.24, 2.45) is 0 Å². The van der Waals surface area contributed by atoms with E-state index in [9.17, 15) is 4.79 Å². The molecule has 1 heterocycles. The molecule has 106 valence electrons. The summed E-state index contributed by atoms with van der Waals surface area (Å²) in [5, 5.41) is 12.0. The van der Waals surface area contributed by atoms with Gasteiger partial charge in [0.2, 0.25) is 0 Å². The van der Waals surface area contributed by atoms with Gasteiger partial charge in [0, 0.05) is 12.2 Å². The summed E-state index contributed by atoms with van der Waals surface area (Å²) in [5.74, 6) is -0.382. The largest absolute Gasteiger partial charge is 0.478 e. The van der Waals surface area contributed by atoms with E-state index in [0.717, 1.165) is 12.2 Å². The third kappa shape index (κ3) is 3.86. The number of nitrogens with zero attached hydrogens (tertiary/aromatic N) is 1. The lowest BCUT2D eigenvalue weighted by atomic mass is 10.2. The molecule has 1 aromatic carbocycles. The van der Waals surface area contributed by atoms with Crippen LogP contribution in [-0.2, 0) is 13.1 Å². The van der Waals surface area contributed by atoms with Gasteiger partial charge in [0.05, 0.1) is 12.1 Å². The highest BCUT2D eigenvalue weighted by Crippen LogP contribution is 2.14. The minimum atomic E-state index is -0.979. The number of hydrogen-bond acceptors (Lipinski definition) is 4. The van der Waals surface area contributed by atoms with Gasteiger partial charge in [-0.05, 0) is 37.9 Å². The van der Waals surface area contributed by atoms with Crippen molar-refractivity contribution in [3.63, 3.8) is 0 Å². The Morgan fingerprint density at radius 2 is 2.00 bits per heavy atom. The van der Waals surface area contributed by atoms with Crippen LogP contribution in [0.1, 0.15) is 21.7 Å². The fraction of sp³-hybridized carbons (Fsp3) is 0.267. The molecule has 0 aliphatic carbocycles. The number of aromatic carboxylic acids is 1. The Morgan fingerprint density at radius 1 is 1.30 bits per heavy atom. The summed E-state index contributed by atoms with van der Waals surface area (Å²) in [5.41, 5.74) is 2.38. The maximum Gasteiger partial charge on any atom is 0.338 e.